The zero-order valence-electron chi connectivity index (χ0n) is 9.14. The summed E-state index contributed by atoms with van der Waals surface area (Å²) in [5.74, 6) is -1.34. The molecular weight excluding hydrogens is 234 g/mol. The van der Waals surface area contributed by atoms with Crippen molar-refractivity contribution in [2.24, 2.45) is 0 Å². The van der Waals surface area contributed by atoms with Gasteiger partial charge in [0.15, 0.2) is 0 Å². The van der Waals surface area contributed by atoms with Gasteiger partial charge in [-0.1, -0.05) is 0 Å². The summed E-state index contributed by atoms with van der Waals surface area (Å²) in [5.41, 5.74) is -1.08. The second kappa shape index (κ2) is 3.91. The molecule has 1 heterocycles. The predicted octanol–water partition coefficient (Wildman–Crippen LogP) is 1.05. The van der Waals surface area contributed by atoms with Crippen LogP contribution in [0.1, 0.15) is 31.1 Å². The summed E-state index contributed by atoms with van der Waals surface area (Å²) >= 11 is 0. The first-order valence-electron chi connectivity index (χ1n) is 4.48. The van der Waals surface area contributed by atoms with E-state index in [2.05, 4.69) is 4.72 Å². The minimum Gasteiger partial charge on any atom is -0.478 e. The lowest BCUT2D eigenvalue weighted by Crippen LogP contribution is -2.40. The molecule has 1 aromatic heterocycles. The van der Waals surface area contributed by atoms with Crippen LogP contribution < -0.4 is 4.72 Å². The SMILES string of the molecule is CC(C)(C)NS(=O)(=O)c1occc1C(=O)O. The molecule has 0 aliphatic heterocycles. The van der Waals surface area contributed by atoms with Crippen LogP contribution in [0.15, 0.2) is 21.8 Å². The van der Waals surface area contributed by atoms with Gasteiger partial charge in [-0.3, -0.25) is 0 Å². The van der Waals surface area contributed by atoms with Crippen LogP contribution >= 0.6 is 0 Å². The van der Waals surface area contributed by atoms with E-state index in [1.54, 1.807) is 20.8 Å². The number of rotatable bonds is 3. The topological polar surface area (TPSA) is 96.6 Å². The number of aromatic carboxylic acids is 1. The van der Waals surface area contributed by atoms with Crippen LogP contribution in [0.25, 0.3) is 0 Å². The van der Waals surface area contributed by atoms with E-state index in [1.165, 1.54) is 0 Å². The highest BCUT2D eigenvalue weighted by atomic mass is 32.2. The first-order valence-corrected chi connectivity index (χ1v) is 5.96. The van der Waals surface area contributed by atoms with Crippen molar-refractivity contribution >= 4 is 16.0 Å². The molecule has 0 unspecified atom stereocenters. The molecule has 16 heavy (non-hydrogen) atoms. The third-order valence-electron chi connectivity index (χ3n) is 1.54. The van der Waals surface area contributed by atoms with E-state index in [-0.39, 0.29) is 5.56 Å². The number of hydrogen-bond donors (Lipinski definition) is 2. The van der Waals surface area contributed by atoms with Crippen molar-refractivity contribution in [3.05, 3.63) is 17.9 Å². The van der Waals surface area contributed by atoms with Gasteiger partial charge in [-0.2, -0.15) is 0 Å². The molecule has 0 atom stereocenters. The Bertz CT molecular complexity index is 494. The van der Waals surface area contributed by atoms with Crippen molar-refractivity contribution in [3.8, 4) is 0 Å². The zero-order chi connectivity index (χ0) is 12.6. The van der Waals surface area contributed by atoms with Gasteiger partial charge in [-0.15, -0.1) is 0 Å². The zero-order valence-corrected chi connectivity index (χ0v) is 9.96. The van der Waals surface area contributed by atoms with E-state index >= 15 is 0 Å². The highest BCUT2D eigenvalue weighted by Gasteiger charge is 2.29. The molecule has 0 radical (unpaired) electrons. The largest absolute Gasteiger partial charge is 0.478 e. The summed E-state index contributed by atoms with van der Waals surface area (Å²) in [5, 5.41) is 8.19. The maximum atomic E-state index is 11.8. The minimum absolute atomic E-state index is 0.378. The van der Waals surface area contributed by atoms with Gasteiger partial charge in [0, 0.05) is 5.54 Å². The molecule has 0 spiro atoms. The standard InChI is InChI=1S/C9H13NO5S/c1-9(2,3)10-16(13,14)8-6(7(11)12)4-5-15-8/h4-5,10H,1-3H3,(H,11,12). The van der Waals surface area contributed by atoms with Crippen molar-refractivity contribution in [1.82, 2.24) is 4.72 Å². The molecule has 0 fully saturated rings. The monoisotopic (exact) mass is 247 g/mol. The highest BCUT2D eigenvalue weighted by molar-refractivity contribution is 7.89. The summed E-state index contributed by atoms with van der Waals surface area (Å²) < 4.78 is 30.5. The molecule has 90 valence electrons. The Hall–Kier alpha value is -1.34. The minimum atomic E-state index is -3.95. The van der Waals surface area contributed by atoms with E-state index in [9.17, 15) is 13.2 Å². The van der Waals surface area contributed by atoms with Crippen LogP contribution in [-0.4, -0.2) is 25.0 Å². The van der Waals surface area contributed by atoms with Crippen molar-refractivity contribution < 1.29 is 22.7 Å². The van der Waals surface area contributed by atoms with Gasteiger partial charge in [0.05, 0.1) is 6.26 Å². The first kappa shape index (κ1) is 12.7. The number of carboxylic acid groups (broad SMARTS) is 1. The number of nitrogens with one attached hydrogen (secondary N) is 1. The van der Waals surface area contributed by atoms with Gasteiger partial charge in [0.1, 0.15) is 5.56 Å². The smallest absolute Gasteiger partial charge is 0.340 e. The molecular formula is C9H13NO5S. The highest BCUT2D eigenvalue weighted by Crippen LogP contribution is 2.18. The summed E-state index contributed by atoms with van der Waals surface area (Å²) in [6, 6.07) is 1.10. The molecule has 0 aliphatic rings. The van der Waals surface area contributed by atoms with E-state index in [1.807, 2.05) is 0 Å². The van der Waals surface area contributed by atoms with Crippen LogP contribution in [0, 0.1) is 0 Å². The lowest BCUT2D eigenvalue weighted by molar-refractivity contribution is 0.0689. The second-order valence-corrected chi connectivity index (χ2v) is 5.86. The Labute approximate surface area is 93.3 Å². The molecule has 0 aromatic carbocycles. The Morgan fingerprint density at radius 1 is 1.44 bits per heavy atom. The fourth-order valence-corrected chi connectivity index (χ4v) is 2.64. The van der Waals surface area contributed by atoms with Crippen molar-refractivity contribution in [1.29, 1.82) is 0 Å². The van der Waals surface area contributed by atoms with Gasteiger partial charge < -0.3 is 9.52 Å². The van der Waals surface area contributed by atoms with Gasteiger partial charge in [0.2, 0.25) is 5.09 Å². The molecule has 7 heteroatoms. The van der Waals surface area contributed by atoms with Crippen molar-refractivity contribution in [2.75, 3.05) is 0 Å². The molecule has 0 aliphatic carbocycles. The van der Waals surface area contributed by atoms with Crippen LogP contribution in [0.2, 0.25) is 0 Å². The van der Waals surface area contributed by atoms with Crippen molar-refractivity contribution in [3.63, 3.8) is 0 Å². The number of carboxylic acids is 1. The number of hydrogen-bond acceptors (Lipinski definition) is 4. The molecule has 1 rings (SSSR count). The van der Waals surface area contributed by atoms with Gasteiger partial charge in [0.25, 0.3) is 10.0 Å². The van der Waals surface area contributed by atoms with Gasteiger partial charge >= 0.3 is 5.97 Å². The van der Waals surface area contributed by atoms with Crippen LogP contribution in [-0.2, 0) is 10.0 Å². The average Bonchev–Trinajstić information content (AvgIpc) is 2.45. The molecule has 0 bridgehead atoms. The normalized spacial score (nSPS) is 12.7. The second-order valence-electron chi connectivity index (χ2n) is 4.28. The molecule has 6 nitrogen and oxygen atoms in total. The Kier molecular flexibility index (Phi) is 3.11. The van der Waals surface area contributed by atoms with Gasteiger partial charge in [-0.25, -0.2) is 17.9 Å². The van der Waals surface area contributed by atoms with Crippen LogP contribution in [0.4, 0.5) is 0 Å². The Morgan fingerprint density at radius 2 is 2.00 bits per heavy atom. The fourth-order valence-electron chi connectivity index (χ4n) is 1.11. The molecule has 1 aromatic rings. The van der Waals surface area contributed by atoms with E-state index < -0.39 is 26.6 Å². The van der Waals surface area contributed by atoms with Crippen LogP contribution in [0.3, 0.4) is 0 Å². The van der Waals surface area contributed by atoms with E-state index in [0.29, 0.717) is 0 Å². The average molecular weight is 247 g/mol. The Morgan fingerprint density at radius 3 is 2.44 bits per heavy atom. The summed E-state index contributed by atoms with van der Waals surface area (Å²) in [4.78, 5) is 10.7. The maximum Gasteiger partial charge on any atom is 0.340 e. The van der Waals surface area contributed by atoms with Crippen molar-refractivity contribution in [2.45, 2.75) is 31.4 Å². The Balaban J connectivity index is 3.18. The maximum absolute atomic E-state index is 11.8. The molecule has 0 saturated carbocycles. The molecule has 0 saturated heterocycles. The molecule has 0 amide bonds. The number of sulfonamides is 1. The quantitative estimate of drug-likeness (QED) is 0.832. The van der Waals surface area contributed by atoms with E-state index in [0.717, 1.165) is 12.3 Å². The lowest BCUT2D eigenvalue weighted by atomic mass is 10.1. The number of carbonyl (C=O) groups is 1. The third kappa shape index (κ3) is 2.83. The lowest BCUT2D eigenvalue weighted by Gasteiger charge is -2.19. The van der Waals surface area contributed by atoms with Gasteiger partial charge in [-0.05, 0) is 26.8 Å². The third-order valence-corrected chi connectivity index (χ3v) is 3.23. The van der Waals surface area contributed by atoms with Crippen LogP contribution in [0.5, 0.6) is 0 Å². The predicted molar refractivity (Wildman–Crippen MR) is 55.7 cm³/mol. The van der Waals surface area contributed by atoms with E-state index in [4.69, 9.17) is 9.52 Å². The fraction of sp³-hybridized carbons (Fsp3) is 0.444. The summed E-state index contributed by atoms with van der Waals surface area (Å²) in [6.07, 6.45) is 1.03. The summed E-state index contributed by atoms with van der Waals surface area (Å²) in [7, 11) is -3.95. The first-order chi connectivity index (χ1) is 7.13. The number of furan rings is 1. The molecule has 2 N–H and O–H groups in total. The summed E-state index contributed by atoms with van der Waals surface area (Å²) in [6.45, 7) is 4.94.